The topological polar surface area (TPSA) is 98.7 Å². The molecule has 0 aromatic heterocycles. The predicted molar refractivity (Wildman–Crippen MR) is 126 cm³/mol. The van der Waals surface area contributed by atoms with E-state index in [0.717, 1.165) is 6.42 Å². The highest BCUT2D eigenvalue weighted by Crippen LogP contribution is 2.68. The molecule has 1 spiro atoms. The van der Waals surface area contributed by atoms with E-state index in [1.165, 1.54) is 0 Å². The number of aliphatic hydroxyl groups is 1. The van der Waals surface area contributed by atoms with Gasteiger partial charge in [0.1, 0.15) is 6.04 Å². The van der Waals surface area contributed by atoms with Crippen LogP contribution in [0.25, 0.3) is 0 Å². The van der Waals surface area contributed by atoms with Crippen LogP contribution < -0.4 is 10.6 Å². The molecule has 3 unspecified atom stereocenters. The number of amides is 3. The van der Waals surface area contributed by atoms with Crippen LogP contribution in [0.15, 0.2) is 0 Å². The molecule has 31 heavy (non-hydrogen) atoms. The lowest BCUT2D eigenvalue weighted by Crippen LogP contribution is -2.58. The van der Waals surface area contributed by atoms with Crippen LogP contribution in [0.1, 0.15) is 53.9 Å². The van der Waals surface area contributed by atoms with Gasteiger partial charge in [0, 0.05) is 22.7 Å². The van der Waals surface area contributed by atoms with Crippen molar-refractivity contribution in [2.75, 3.05) is 13.2 Å². The van der Waals surface area contributed by atoms with Crippen molar-refractivity contribution < 1.29 is 19.5 Å². The van der Waals surface area contributed by atoms with Crippen molar-refractivity contribution in [3.63, 3.8) is 0 Å². The fraction of sp³-hybridized carbons (Fsp3) is 0.864. The molecule has 7 nitrogen and oxygen atoms in total. The first-order chi connectivity index (χ1) is 14.6. The van der Waals surface area contributed by atoms with Crippen LogP contribution in [0.5, 0.6) is 0 Å². The molecular formula is C22H36BrN3O4S. The summed E-state index contributed by atoms with van der Waals surface area (Å²) in [6.07, 6.45) is 2.09. The van der Waals surface area contributed by atoms with Gasteiger partial charge in [-0.15, -0.1) is 11.8 Å². The summed E-state index contributed by atoms with van der Waals surface area (Å²) < 4.78 is -0.659. The standard InChI is InChI=1S/C22H36BrN3O4S/c1-6-7-24-19(28)15-16-21(30)26(13(10-27)8-11(2)3)18(20(29)25-12(4)5)22(16)9-14(23)17(15)31-22/h11-18,27H,6-10H2,1-5H3,(H,24,28)(H,25,29)/t13-,14?,15-,16+,17-,18?,22?/m1/s1. The molecule has 7 atom stereocenters. The number of hydrogen-bond acceptors (Lipinski definition) is 5. The number of nitrogens with zero attached hydrogens (tertiary/aromatic N) is 1. The Kier molecular flexibility index (Phi) is 7.69. The maximum Gasteiger partial charge on any atom is 0.244 e. The van der Waals surface area contributed by atoms with E-state index in [9.17, 15) is 19.5 Å². The second-order valence-electron chi connectivity index (χ2n) is 9.83. The van der Waals surface area contributed by atoms with Crippen LogP contribution in [-0.2, 0) is 14.4 Å². The summed E-state index contributed by atoms with van der Waals surface area (Å²) in [6.45, 7) is 10.3. The normalized spacial score (nSPS) is 35.1. The smallest absolute Gasteiger partial charge is 0.244 e. The number of fused-ring (bicyclic) bond motifs is 1. The number of aliphatic hydroxyl groups excluding tert-OH is 1. The van der Waals surface area contributed by atoms with Gasteiger partial charge in [-0.1, -0.05) is 36.7 Å². The SMILES string of the molecule is CCCNC(=O)[C@H]1[C@@H]2SC3(CC2Br)C(C(=O)NC(C)C)N([C@@H](CO)CC(C)C)C(=O)[C@H]13. The third kappa shape index (κ3) is 4.26. The summed E-state index contributed by atoms with van der Waals surface area (Å²) in [5, 5.41) is 16.1. The van der Waals surface area contributed by atoms with Gasteiger partial charge >= 0.3 is 0 Å². The number of carbonyl (C=O) groups excluding carboxylic acids is 3. The Morgan fingerprint density at radius 2 is 1.97 bits per heavy atom. The van der Waals surface area contributed by atoms with E-state index in [1.54, 1.807) is 16.7 Å². The van der Waals surface area contributed by atoms with Gasteiger partial charge in [-0.25, -0.2) is 0 Å². The molecular weight excluding hydrogens is 482 g/mol. The zero-order valence-corrected chi connectivity index (χ0v) is 21.5. The lowest BCUT2D eigenvalue weighted by Gasteiger charge is -2.38. The van der Waals surface area contributed by atoms with Crippen molar-refractivity contribution in [3.05, 3.63) is 0 Å². The van der Waals surface area contributed by atoms with Gasteiger partial charge in [0.05, 0.1) is 29.2 Å². The lowest BCUT2D eigenvalue weighted by atomic mass is 9.70. The molecule has 3 aliphatic heterocycles. The molecule has 3 amide bonds. The van der Waals surface area contributed by atoms with Gasteiger partial charge in [-0.2, -0.15) is 0 Å². The number of alkyl halides is 1. The number of nitrogens with one attached hydrogen (secondary N) is 2. The summed E-state index contributed by atoms with van der Waals surface area (Å²) in [7, 11) is 0. The number of likely N-dealkylation sites (tertiary alicyclic amines) is 1. The van der Waals surface area contributed by atoms with Crippen molar-refractivity contribution in [1.82, 2.24) is 15.5 Å². The maximum absolute atomic E-state index is 13.9. The second kappa shape index (κ2) is 9.59. The summed E-state index contributed by atoms with van der Waals surface area (Å²) in [5.74, 6) is -1.20. The quantitative estimate of drug-likeness (QED) is 0.405. The van der Waals surface area contributed by atoms with Gasteiger partial charge in [0.2, 0.25) is 17.7 Å². The molecule has 9 heteroatoms. The van der Waals surface area contributed by atoms with E-state index in [1.807, 2.05) is 34.6 Å². The molecule has 3 fully saturated rings. The zero-order chi connectivity index (χ0) is 23.1. The minimum absolute atomic E-state index is 0.0417. The van der Waals surface area contributed by atoms with Gasteiger partial charge in [0.15, 0.2) is 0 Å². The third-order valence-electron chi connectivity index (χ3n) is 6.61. The third-order valence-corrected chi connectivity index (χ3v) is 9.83. The first-order valence-electron chi connectivity index (χ1n) is 11.4. The Morgan fingerprint density at radius 3 is 2.52 bits per heavy atom. The first kappa shape index (κ1) is 24.8. The highest BCUT2D eigenvalue weighted by atomic mass is 79.9. The maximum atomic E-state index is 13.9. The number of halogens is 1. The molecule has 3 aliphatic rings. The molecule has 0 aromatic carbocycles. The summed E-state index contributed by atoms with van der Waals surface area (Å²) in [6, 6.07) is -1.20. The fourth-order valence-electron chi connectivity index (χ4n) is 5.61. The van der Waals surface area contributed by atoms with Gasteiger partial charge in [-0.3, -0.25) is 14.4 Å². The molecule has 176 valence electrons. The average Bonchev–Trinajstić information content (AvgIpc) is 3.27. The van der Waals surface area contributed by atoms with Gasteiger partial charge in [0.25, 0.3) is 0 Å². The summed E-state index contributed by atoms with van der Waals surface area (Å²) >= 11 is 5.39. The van der Waals surface area contributed by atoms with Crippen molar-refractivity contribution in [2.24, 2.45) is 17.8 Å². The van der Waals surface area contributed by atoms with Crippen LogP contribution in [0.4, 0.5) is 0 Å². The average molecular weight is 519 g/mol. The number of rotatable bonds is 9. The van der Waals surface area contributed by atoms with Crippen molar-refractivity contribution >= 4 is 45.4 Å². The van der Waals surface area contributed by atoms with E-state index >= 15 is 0 Å². The van der Waals surface area contributed by atoms with Crippen LogP contribution in [0.3, 0.4) is 0 Å². The minimum Gasteiger partial charge on any atom is -0.394 e. The molecule has 3 saturated heterocycles. The van der Waals surface area contributed by atoms with Crippen LogP contribution in [-0.4, -0.2) is 73.8 Å². The van der Waals surface area contributed by atoms with E-state index in [-0.39, 0.29) is 46.4 Å². The lowest BCUT2D eigenvalue weighted by molar-refractivity contribution is -0.143. The summed E-state index contributed by atoms with van der Waals surface area (Å²) in [4.78, 5) is 42.2. The highest BCUT2D eigenvalue weighted by Gasteiger charge is 2.76. The molecule has 0 aromatic rings. The number of carbonyl (C=O) groups is 3. The molecule has 0 radical (unpaired) electrons. The molecule has 0 saturated carbocycles. The van der Waals surface area contributed by atoms with Gasteiger partial charge in [-0.05, 0) is 39.0 Å². The molecule has 3 heterocycles. The number of thioether (sulfide) groups is 1. The van der Waals surface area contributed by atoms with E-state index in [4.69, 9.17) is 0 Å². The Bertz CT molecular complexity index is 721. The molecule has 2 bridgehead atoms. The Balaban J connectivity index is 2.05. The zero-order valence-electron chi connectivity index (χ0n) is 19.1. The van der Waals surface area contributed by atoms with E-state index < -0.39 is 28.7 Å². The Hall–Kier alpha value is -0.800. The van der Waals surface area contributed by atoms with Crippen LogP contribution in [0.2, 0.25) is 0 Å². The summed E-state index contributed by atoms with van der Waals surface area (Å²) in [5.41, 5.74) is 0. The predicted octanol–water partition coefficient (Wildman–Crippen LogP) is 1.91. The number of hydrogen-bond donors (Lipinski definition) is 3. The monoisotopic (exact) mass is 517 g/mol. The fourth-order valence-corrected chi connectivity index (χ4v) is 9.21. The molecule has 0 aliphatic carbocycles. The van der Waals surface area contributed by atoms with Gasteiger partial charge < -0.3 is 20.6 Å². The second-order valence-corrected chi connectivity index (χ2v) is 12.5. The Morgan fingerprint density at radius 1 is 1.29 bits per heavy atom. The molecule has 3 rings (SSSR count). The molecule has 3 N–H and O–H groups in total. The first-order valence-corrected chi connectivity index (χ1v) is 13.2. The van der Waals surface area contributed by atoms with Crippen molar-refractivity contribution in [3.8, 4) is 0 Å². The minimum atomic E-state index is -0.692. The van der Waals surface area contributed by atoms with E-state index in [0.29, 0.717) is 19.4 Å². The highest BCUT2D eigenvalue weighted by molar-refractivity contribution is 9.09. The Labute approximate surface area is 198 Å². The van der Waals surface area contributed by atoms with E-state index in [2.05, 4.69) is 26.6 Å². The van der Waals surface area contributed by atoms with Crippen LogP contribution in [0, 0.1) is 17.8 Å². The largest absolute Gasteiger partial charge is 0.394 e. The van der Waals surface area contributed by atoms with Crippen molar-refractivity contribution in [1.29, 1.82) is 0 Å². The van der Waals surface area contributed by atoms with Crippen LogP contribution >= 0.6 is 27.7 Å². The van der Waals surface area contributed by atoms with Crippen molar-refractivity contribution in [2.45, 2.75) is 86.8 Å².